The van der Waals surface area contributed by atoms with Crippen molar-refractivity contribution in [1.82, 2.24) is 19.1 Å². The van der Waals surface area contributed by atoms with E-state index in [2.05, 4.69) is 35.0 Å². The Kier molecular flexibility index (Phi) is 7.13. The lowest BCUT2D eigenvalue weighted by Gasteiger charge is -2.23. The fourth-order valence-electron chi connectivity index (χ4n) is 4.59. The molecule has 0 bridgehead atoms. The van der Waals surface area contributed by atoms with Gasteiger partial charge in [0.2, 0.25) is 0 Å². The number of rotatable bonds is 7. The van der Waals surface area contributed by atoms with Crippen LogP contribution in [0, 0.1) is 10.8 Å². The molecule has 0 spiro atoms. The van der Waals surface area contributed by atoms with E-state index in [1.165, 1.54) is 10.1 Å². The molecule has 0 radical (unpaired) electrons. The number of hydrogen-bond acceptors (Lipinski definition) is 7. The summed E-state index contributed by atoms with van der Waals surface area (Å²) in [6.45, 7) is 9.90. The summed E-state index contributed by atoms with van der Waals surface area (Å²) in [5.74, 6) is 1.85. The Morgan fingerprint density at radius 3 is 2.62 bits per heavy atom. The number of hydrogen-bond donors (Lipinski definition) is 3. The summed E-state index contributed by atoms with van der Waals surface area (Å²) in [5, 5.41) is 20.0. The molecule has 1 fully saturated rings. The van der Waals surface area contributed by atoms with Crippen molar-refractivity contribution in [1.29, 1.82) is 10.8 Å². The van der Waals surface area contributed by atoms with Crippen molar-refractivity contribution in [3.63, 3.8) is 0 Å². The van der Waals surface area contributed by atoms with Gasteiger partial charge in [-0.2, -0.15) is 0 Å². The van der Waals surface area contributed by atoms with Gasteiger partial charge in [0.25, 0.3) is 0 Å². The number of methoxy groups -OCH3 is 1. The van der Waals surface area contributed by atoms with E-state index in [0.717, 1.165) is 37.1 Å². The van der Waals surface area contributed by atoms with Crippen molar-refractivity contribution in [3.05, 3.63) is 35.4 Å². The Hall–Kier alpha value is -3.04. The standard InChI is InChI=1S/C25H35N7O2/c1-15(2)28-24-23(27)31(17(4)26)13-21(29-24)25-30-20-7-6-19(18-8-10-34-11-9-18)12-22(20)32(25)16(3)14-33-5/h6-7,12-13,15-16,18,26-27H,8-11,14H2,1-5H3,(H,28,29)/t16-/m0/s1. The number of ether oxygens (including phenoxy) is 2. The highest BCUT2D eigenvalue weighted by molar-refractivity contribution is 5.83. The van der Waals surface area contributed by atoms with Crippen molar-refractivity contribution in [2.45, 2.75) is 58.5 Å². The van der Waals surface area contributed by atoms with Crippen LogP contribution in [-0.2, 0) is 9.47 Å². The number of nitrogens with zero attached hydrogens (tertiary/aromatic N) is 4. The van der Waals surface area contributed by atoms with Gasteiger partial charge in [-0.05, 0) is 64.2 Å². The first-order valence-corrected chi connectivity index (χ1v) is 11.9. The summed E-state index contributed by atoms with van der Waals surface area (Å²) in [4.78, 5) is 9.75. The summed E-state index contributed by atoms with van der Waals surface area (Å²) >= 11 is 0. The number of fused-ring (bicyclic) bond motifs is 1. The molecule has 1 aliphatic rings. The normalized spacial score (nSPS) is 15.7. The van der Waals surface area contributed by atoms with E-state index >= 15 is 0 Å². The quantitative estimate of drug-likeness (QED) is 0.358. The zero-order valence-corrected chi connectivity index (χ0v) is 20.7. The van der Waals surface area contributed by atoms with Gasteiger partial charge in [-0.1, -0.05) is 6.07 Å². The second kappa shape index (κ2) is 10.1. The van der Waals surface area contributed by atoms with Crippen molar-refractivity contribution in [2.75, 3.05) is 32.2 Å². The van der Waals surface area contributed by atoms with Gasteiger partial charge in [0, 0.05) is 32.6 Å². The topological polar surface area (TPSA) is 114 Å². The summed E-state index contributed by atoms with van der Waals surface area (Å²) in [6, 6.07) is 6.62. The van der Waals surface area contributed by atoms with E-state index in [4.69, 9.17) is 30.3 Å². The summed E-state index contributed by atoms with van der Waals surface area (Å²) in [7, 11) is 1.70. The summed E-state index contributed by atoms with van der Waals surface area (Å²) < 4.78 is 14.8. The lowest BCUT2D eigenvalue weighted by molar-refractivity contribution is 0.0853. The molecule has 0 aliphatic carbocycles. The van der Waals surface area contributed by atoms with E-state index in [0.29, 0.717) is 29.9 Å². The second-order valence-electron chi connectivity index (χ2n) is 9.32. The Morgan fingerprint density at radius 2 is 1.97 bits per heavy atom. The molecule has 1 saturated heterocycles. The van der Waals surface area contributed by atoms with Gasteiger partial charge in [-0.15, -0.1) is 0 Å². The van der Waals surface area contributed by atoms with Gasteiger partial charge in [0.1, 0.15) is 11.5 Å². The maximum Gasteiger partial charge on any atom is 0.173 e. The van der Waals surface area contributed by atoms with Crippen molar-refractivity contribution < 1.29 is 9.47 Å². The molecule has 4 rings (SSSR count). The number of nitrogens with one attached hydrogen (secondary N) is 3. The van der Waals surface area contributed by atoms with Gasteiger partial charge in [-0.3, -0.25) is 15.4 Å². The monoisotopic (exact) mass is 465 g/mol. The molecule has 1 aromatic carbocycles. The number of anilines is 1. The number of benzene rings is 1. The Labute approximate surface area is 200 Å². The SMILES string of the molecule is COC[C@H](C)n1c(-c2cn(C(C)=N)c(=N)c(NC(C)C)n2)nc2ccc(C3CCOCC3)cc21. The maximum absolute atomic E-state index is 8.52. The lowest BCUT2D eigenvalue weighted by atomic mass is 9.91. The zero-order valence-electron chi connectivity index (χ0n) is 20.7. The van der Waals surface area contributed by atoms with E-state index in [9.17, 15) is 0 Å². The molecule has 3 heterocycles. The summed E-state index contributed by atoms with van der Waals surface area (Å²) in [5.41, 5.74) is 3.99. The predicted molar refractivity (Wildman–Crippen MR) is 134 cm³/mol. The minimum Gasteiger partial charge on any atom is -0.383 e. The zero-order chi connectivity index (χ0) is 24.4. The minimum atomic E-state index is 0.0171. The smallest absolute Gasteiger partial charge is 0.173 e. The first-order chi connectivity index (χ1) is 16.3. The summed E-state index contributed by atoms with van der Waals surface area (Å²) in [6.07, 6.45) is 3.78. The Bertz CT molecular complexity index is 1240. The molecule has 3 aromatic rings. The highest BCUT2D eigenvalue weighted by Crippen LogP contribution is 2.33. The van der Waals surface area contributed by atoms with E-state index in [-0.39, 0.29) is 23.4 Å². The Balaban J connectivity index is 1.92. The van der Waals surface area contributed by atoms with Gasteiger partial charge in [0.05, 0.1) is 23.7 Å². The highest BCUT2D eigenvalue weighted by atomic mass is 16.5. The molecule has 182 valence electrons. The molecule has 0 unspecified atom stereocenters. The third kappa shape index (κ3) is 4.76. The van der Waals surface area contributed by atoms with E-state index in [1.54, 1.807) is 20.2 Å². The molecule has 1 atom stereocenters. The van der Waals surface area contributed by atoms with Crippen LogP contribution in [0.3, 0.4) is 0 Å². The van der Waals surface area contributed by atoms with Crippen LogP contribution < -0.4 is 10.8 Å². The molecule has 34 heavy (non-hydrogen) atoms. The van der Waals surface area contributed by atoms with Gasteiger partial charge >= 0.3 is 0 Å². The molecule has 1 aliphatic heterocycles. The molecule has 3 N–H and O–H groups in total. The van der Waals surface area contributed by atoms with Crippen LogP contribution in [0.1, 0.15) is 58.1 Å². The first-order valence-electron chi connectivity index (χ1n) is 11.9. The van der Waals surface area contributed by atoms with Crippen LogP contribution in [0.2, 0.25) is 0 Å². The van der Waals surface area contributed by atoms with E-state index < -0.39 is 0 Å². The molecular formula is C25H35N7O2. The van der Waals surface area contributed by atoms with Crippen LogP contribution in [0.25, 0.3) is 22.6 Å². The van der Waals surface area contributed by atoms with Crippen LogP contribution in [-0.4, -0.2) is 57.9 Å². The number of imidazole rings is 1. The molecule has 9 nitrogen and oxygen atoms in total. The molecule has 2 aromatic heterocycles. The van der Waals surface area contributed by atoms with Crippen LogP contribution in [0.4, 0.5) is 5.82 Å². The van der Waals surface area contributed by atoms with Gasteiger partial charge < -0.3 is 19.4 Å². The largest absolute Gasteiger partial charge is 0.383 e. The average molecular weight is 466 g/mol. The molecular weight excluding hydrogens is 430 g/mol. The Morgan fingerprint density at radius 1 is 1.24 bits per heavy atom. The van der Waals surface area contributed by atoms with E-state index in [1.807, 2.05) is 13.8 Å². The van der Waals surface area contributed by atoms with Crippen LogP contribution >= 0.6 is 0 Å². The predicted octanol–water partition coefficient (Wildman–Crippen LogP) is 4.15. The van der Waals surface area contributed by atoms with Gasteiger partial charge in [-0.25, -0.2) is 9.97 Å². The van der Waals surface area contributed by atoms with Crippen LogP contribution in [0.15, 0.2) is 24.4 Å². The highest BCUT2D eigenvalue weighted by Gasteiger charge is 2.23. The first kappa shape index (κ1) is 24.1. The molecule has 0 amide bonds. The van der Waals surface area contributed by atoms with Crippen molar-refractivity contribution in [2.24, 2.45) is 0 Å². The molecule has 0 saturated carbocycles. The second-order valence-corrected chi connectivity index (χ2v) is 9.32. The molecule has 9 heteroatoms. The third-order valence-electron chi connectivity index (χ3n) is 6.22. The number of aromatic nitrogens is 4. The third-order valence-corrected chi connectivity index (χ3v) is 6.22. The average Bonchev–Trinajstić information content (AvgIpc) is 3.19. The maximum atomic E-state index is 8.52. The minimum absolute atomic E-state index is 0.0171. The van der Waals surface area contributed by atoms with Crippen LogP contribution in [0.5, 0.6) is 0 Å². The van der Waals surface area contributed by atoms with Crippen molar-refractivity contribution >= 4 is 22.7 Å². The fraction of sp³-hybridized carbons (Fsp3) is 0.520. The van der Waals surface area contributed by atoms with Gasteiger partial charge in [0.15, 0.2) is 17.1 Å². The van der Waals surface area contributed by atoms with Crippen molar-refractivity contribution in [3.8, 4) is 11.5 Å². The fourth-order valence-corrected chi connectivity index (χ4v) is 4.59. The lowest BCUT2D eigenvalue weighted by Crippen LogP contribution is -2.30.